The fourth-order valence-electron chi connectivity index (χ4n) is 3.58. The standard InChI is InChI=1S/C22H18O5/c1-25-16-7-3-13(4-8-16)18-12-20(23)27-19-10-6-14-11-15(22(24)26-2)5-9-17(14)21(18)19/h3-11,18H,12H2,1-2H3/t18-/m1/s1. The molecule has 1 heterocycles. The summed E-state index contributed by atoms with van der Waals surface area (Å²) in [5, 5.41) is 1.85. The zero-order chi connectivity index (χ0) is 19.0. The summed E-state index contributed by atoms with van der Waals surface area (Å²) in [6.45, 7) is 0. The van der Waals surface area contributed by atoms with Crippen molar-refractivity contribution in [2.24, 2.45) is 0 Å². The van der Waals surface area contributed by atoms with Crippen molar-refractivity contribution in [1.82, 2.24) is 0 Å². The molecule has 5 nitrogen and oxygen atoms in total. The molecule has 0 spiro atoms. The summed E-state index contributed by atoms with van der Waals surface area (Å²) in [5.74, 6) is 0.560. The van der Waals surface area contributed by atoms with Crippen molar-refractivity contribution in [3.05, 3.63) is 71.3 Å². The number of carbonyl (C=O) groups is 2. The minimum Gasteiger partial charge on any atom is -0.497 e. The topological polar surface area (TPSA) is 61.8 Å². The van der Waals surface area contributed by atoms with Crippen molar-refractivity contribution in [1.29, 1.82) is 0 Å². The Kier molecular flexibility index (Phi) is 4.28. The second-order valence-electron chi connectivity index (χ2n) is 6.41. The maximum absolute atomic E-state index is 12.1. The second-order valence-corrected chi connectivity index (χ2v) is 6.41. The average Bonchev–Trinajstić information content (AvgIpc) is 2.71. The minimum atomic E-state index is -0.382. The third-order valence-electron chi connectivity index (χ3n) is 4.90. The van der Waals surface area contributed by atoms with Crippen LogP contribution in [0.3, 0.4) is 0 Å². The Morgan fingerprint density at radius 2 is 1.81 bits per heavy atom. The Bertz CT molecular complexity index is 1040. The summed E-state index contributed by atoms with van der Waals surface area (Å²) in [4.78, 5) is 24.0. The predicted octanol–water partition coefficient (Wildman–Crippen LogP) is 4.08. The molecule has 1 aliphatic heterocycles. The molecule has 0 amide bonds. The fourth-order valence-corrected chi connectivity index (χ4v) is 3.58. The number of hydrogen-bond acceptors (Lipinski definition) is 5. The van der Waals surface area contributed by atoms with Gasteiger partial charge in [0, 0.05) is 11.5 Å². The smallest absolute Gasteiger partial charge is 0.337 e. The van der Waals surface area contributed by atoms with Gasteiger partial charge in [-0.3, -0.25) is 4.79 Å². The van der Waals surface area contributed by atoms with E-state index in [1.54, 1.807) is 25.3 Å². The molecular weight excluding hydrogens is 344 g/mol. The van der Waals surface area contributed by atoms with Crippen LogP contribution in [0.4, 0.5) is 0 Å². The highest BCUT2D eigenvalue weighted by Crippen LogP contribution is 2.43. The Hall–Kier alpha value is -3.34. The summed E-state index contributed by atoms with van der Waals surface area (Å²) >= 11 is 0. The quantitative estimate of drug-likeness (QED) is 0.519. The fraction of sp³-hybridized carbons (Fsp3) is 0.182. The molecule has 5 heteroatoms. The Morgan fingerprint density at radius 1 is 1.04 bits per heavy atom. The average molecular weight is 362 g/mol. The lowest BCUT2D eigenvalue weighted by Crippen LogP contribution is -2.21. The molecular formula is C22H18O5. The zero-order valence-electron chi connectivity index (χ0n) is 15.0. The summed E-state index contributed by atoms with van der Waals surface area (Å²) in [6, 6.07) is 16.7. The highest BCUT2D eigenvalue weighted by Gasteiger charge is 2.30. The first kappa shape index (κ1) is 17.1. The van der Waals surface area contributed by atoms with Crippen LogP contribution in [0.2, 0.25) is 0 Å². The van der Waals surface area contributed by atoms with Gasteiger partial charge in [0.05, 0.1) is 26.2 Å². The first-order valence-corrected chi connectivity index (χ1v) is 8.60. The Morgan fingerprint density at radius 3 is 2.52 bits per heavy atom. The summed E-state index contributed by atoms with van der Waals surface area (Å²) in [6.07, 6.45) is 0.261. The normalized spacial score (nSPS) is 15.8. The SMILES string of the molecule is COC(=O)c1ccc2c3c(ccc2c1)OC(=O)C[C@@H]3c1ccc(OC)cc1. The minimum absolute atomic E-state index is 0.125. The molecule has 0 aliphatic carbocycles. The molecule has 0 N–H and O–H groups in total. The molecule has 3 aromatic carbocycles. The number of hydrogen-bond donors (Lipinski definition) is 0. The van der Waals surface area contributed by atoms with Crippen molar-refractivity contribution in [3.63, 3.8) is 0 Å². The number of fused-ring (bicyclic) bond motifs is 3. The van der Waals surface area contributed by atoms with Gasteiger partial charge in [-0.05, 0) is 46.7 Å². The number of methoxy groups -OCH3 is 2. The highest BCUT2D eigenvalue weighted by atomic mass is 16.5. The van der Waals surface area contributed by atoms with E-state index in [0.29, 0.717) is 11.3 Å². The largest absolute Gasteiger partial charge is 0.497 e. The molecule has 0 fully saturated rings. The van der Waals surface area contributed by atoms with Crippen LogP contribution in [0.5, 0.6) is 11.5 Å². The number of esters is 2. The zero-order valence-corrected chi connectivity index (χ0v) is 15.0. The molecule has 0 aromatic heterocycles. The highest BCUT2D eigenvalue weighted by molar-refractivity contribution is 5.98. The van der Waals surface area contributed by atoms with Crippen LogP contribution in [0.1, 0.15) is 33.8 Å². The molecule has 1 atom stereocenters. The van der Waals surface area contributed by atoms with Gasteiger partial charge in [0.1, 0.15) is 11.5 Å². The van der Waals surface area contributed by atoms with Gasteiger partial charge in [0.2, 0.25) is 0 Å². The number of rotatable bonds is 3. The third kappa shape index (κ3) is 3.01. The van der Waals surface area contributed by atoms with Gasteiger partial charge in [-0.2, -0.15) is 0 Å². The molecule has 0 saturated heterocycles. The van der Waals surface area contributed by atoms with Gasteiger partial charge < -0.3 is 14.2 Å². The number of carbonyl (C=O) groups excluding carboxylic acids is 2. The summed E-state index contributed by atoms with van der Waals surface area (Å²) in [5.41, 5.74) is 2.45. The van der Waals surface area contributed by atoms with Gasteiger partial charge in [0.15, 0.2) is 0 Å². The van der Waals surface area contributed by atoms with E-state index in [1.807, 2.05) is 36.4 Å². The summed E-state index contributed by atoms with van der Waals surface area (Å²) in [7, 11) is 2.98. The molecule has 0 unspecified atom stereocenters. The van der Waals surface area contributed by atoms with E-state index in [1.165, 1.54) is 7.11 Å². The van der Waals surface area contributed by atoms with Gasteiger partial charge >= 0.3 is 11.9 Å². The second kappa shape index (κ2) is 6.76. The van der Waals surface area contributed by atoms with Crippen molar-refractivity contribution in [3.8, 4) is 11.5 Å². The molecule has 0 bridgehead atoms. The molecule has 1 aliphatic rings. The van der Waals surface area contributed by atoms with E-state index in [0.717, 1.165) is 27.6 Å². The predicted molar refractivity (Wildman–Crippen MR) is 100 cm³/mol. The van der Waals surface area contributed by atoms with Crippen LogP contribution in [0, 0.1) is 0 Å². The third-order valence-corrected chi connectivity index (χ3v) is 4.90. The van der Waals surface area contributed by atoms with Gasteiger partial charge in [-0.25, -0.2) is 4.79 Å². The van der Waals surface area contributed by atoms with E-state index >= 15 is 0 Å². The molecule has 27 heavy (non-hydrogen) atoms. The van der Waals surface area contributed by atoms with E-state index in [2.05, 4.69) is 0 Å². The van der Waals surface area contributed by atoms with Gasteiger partial charge in [0.25, 0.3) is 0 Å². The molecule has 136 valence electrons. The van der Waals surface area contributed by atoms with Crippen molar-refractivity contribution in [2.45, 2.75) is 12.3 Å². The first-order valence-electron chi connectivity index (χ1n) is 8.60. The van der Waals surface area contributed by atoms with Crippen molar-refractivity contribution < 1.29 is 23.8 Å². The van der Waals surface area contributed by atoms with Gasteiger partial charge in [-0.1, -0.05) is 24.3 Å². The lowest BCUT2D eigenvalue weighted by atomic mass is 9.83. The molecule has 0 radical (unpaired) electrons. The molecule has 3 aromatic rings. The lowest BCUT2D eigenvalue weighted by Gasteiger charge is -2.26. The van der Waals surface area contributed by atoms with Gasteiger partial charge in [-0.15, -0.1) is 0 Å². The maximum atomic E-state index is 12.1. The van der Waals surface area contributed by atoms with Crippen LogP contribution >= 0.6 is 0 Å². The van der Waals surface area contributed by atoms with Crippen molar-refractivity contribution >= 4 is 22.7 Å². The van der Waals surface area contributed by atoms with Crippen molar-refractivity contribution in [2.75, 3.05) is 14.2 Å². The monoisotopic (exact) mass is 362 g/mol. The molecule has 0 saturated carbocycles. The maximum Gasteiger partial charge on any atom is 0.337 e. The van der Waals surface area contributed by atoms with E-state index in [9.17, 15) is 9.59 Å². The Balaban J connectivity index is 1.88. The van der Waals surface area contributed by atoms with E-state index in [-0.39, 0.29) is 24.3 Å². The lowest BCUT2D eigenvalue weighted by molar-refractivity contribution is -0.135. The van der Waals surface area contributed by atoms with Crippen LogP contribution in [0.25, 0.3) is 10.8 Å². The summed E-state index contributed by atoms with van der Waals surface area (Å²) < 4.78 is 15.5. The Labute approximate surface area is 156 Å². The molecule has 4 rings (SSSR count). The van der Waals surface area contributed by atoms with Crippen LogP contribution in [-0.2, 0) is 9.53 Å². The number of benzene rings is 3. The van der Waals surface area contributed by atoms with Crippen LogP contribution < -0.4 is 9.47 Å². The van der Waals surface area contributed by atoms with E-state index < -0.39 is 0 Å². The number of ether oxygens (including phenoxy) is 3. The first-order chi connectivity index (χ1) is 13.1. The van der Waals surface area contributed by atoms with E-state index in [4.69, 9.17) is 14.2 Å². The van der Waals surface area contributed by atoms with Crippen LogP contribution in [-0.4, -0.2) is 26.2 Å². The van der Waals surface area contributed by atoms with Crippen LogP contribution in [0.15, 0.2) is 54.6 Å².